The second-order valence-electron chi connectivity index (χ2n) is 4.56. The molecule has 1 aromatic rings. The van der Waals surface area contributed by atoms with E-state index in [2.05, 4.69) is 0 Å². The number of carbonyl (C=O) groups is 2. The Bertz CT molecular complexity index is 440. The second kappa shape index (κ2) is 6.94. The molecule has 6 heteroatoms. The Balaban J connectivity index is 2.69. The second-order valence-corrected chi connectivity index (χ2v) is 4.56. The van der Waals surface area contributed by atoms with Gasteiger partial charge in [0.25, 0.3) is 5.91 Å². The summed E-state index contributed by atoms with van der Waals surface area (Å²) in [5.74, 6) is -0.304. The Hall–Kier alpha value is -1.82. The first-order valence-corrected chi connectivity index (χ1v) is 6.27. The van der Waals surface area contributed by atoms with E-state index >= 15 is 0 Å². The maximum Gasteiger partial charge on any atom is 0.303 e. The standard InChI is InChI=1S/C13H20N2O4/c1-9(2)15(7-3-4-12(16)17)13(18)11-6-5-10(8-14)19-11/h5-6,9H,3-4,7-8,14H2,1-2H3,(H,16,17). The Labute approximate surface area is 112 Å². The molecule has 6 nitrogen and oxygen atoms in total. The molecular weight excluding hydrogens is 248 g/mol. The predicted molar refractivity (Wildman–Crippen MR) is 69.6 cm³/mol. The molecule has 3 N–H and O–H groups in total. The number of hydrogen-bond donors (Lipinski definition) is 2. The van der Waals surface area contributed by atoms with Gasteiger partial charge in [0.05, 0.1) is 6.54 Å². The Morgan fingerprint density at radius 3 is 2.58 bits per heavy atom. The van der Waals surface area contributed by atoms with Gasteiger partial charge in [-0.05, 0) is 32.4 Å². The molecule has 0 fully saturated rings. The molecule has 0 atom stereocenters. The molecule has 0 saturated carbocycles. The quantitative estimate of drug-likeness (QED) is 0.780. The number of furan rings is 1. The van der Waals surface area contributed by atoms with Crippen LogP contribution in [0.3, 0.4) is 0 Å². The third kappa shape index (κ3) is 4.40. The van der Waals surface area contributed by atoms with Crippen molar-refractivity contribution in [1.29, 1.82) is 0 Å². The van der Waals surface area contributed by atoms with E-state index in [-0.39, 0.29) is 30.7 Å². The highest BCUT2D eigenvalue weighted by atomic mass is 16.4. The zero-order chi connectivity index (χ0) is 14.4. The summed E-state index contributed by atoms with van der Waals surface area (Å²) in [5.41, 5.74) is 5.43. The molecule has 1 heterocycles. The third-order valence-corrected chi connectivity index (χ3v) is 2.75. The van der Waals surface area contributed by atoms with Gasteiger partial charge in [0, 0.05) is 19.0 Å². The van der Waals surface area contributed by atoms with E-state index in [4.69, 9.17) is 15.3 Å². The minimum atomic E-state index is -0.862. The number of aliphatic carboxylic acids is 1. The van der Waals surface area contributed by atoms with Crippen molar-refractivity contribution in [2.75, 3.05) is 6.54 Å². The summed E-state index contributed by atoms with van der Waals surface area (Å²) in [5, 5.41) is 8.62. The smallest absolute Gasteiger partial charge is 0.303 e. The number of carbonyl (C=O) groups excluding carboxylic acids is 1. The summed E-state index contributed by atoms with van der Waals surface area (Å²) in [6.07, 6.45) is 0.465. The minimum Gasteiger partial charge on any atom is -0.481 e. The van der Waals surface area contributed by atoms with Crippen LogP contribution in [0, 0.1) is 0 Å². The van der Waals surface area contributed by atoms with E-state index in [1.807, 2.05) is 13.8 Å². The lowest BCUT2D eigenvalue weighted by Crippen LogP contribution is -2.37. The molecule has 0 aliphatic heterocycles. The van der Waals surface area contributed by atoms with E-state index in [0.29, 0.717) is 18.7 Å². The Morgan fingerprint density at radius 2 is 2.11 bits per heavy atom. The molecule has 0 unspecified atom stereocenters. The number of rotatable bonds is 7. The van der Waals surface area contributed by atoms with E-state index < -0.39 is 5.97 Å². The van der Waals surface area contributed by atoms with Crippen molar-refractivity contribution in [3.05, 3.63) is 23.7 Å². The molecule has 0 spiro atoms. The van der Waals surface area contributed by atoms with Gasteiger partial charge in [0.15, 0.2) is 5.76 Å². The SMILES string of the molecule is CC(C)N(CCCC(=O)O)C(=O)c1ccc(CN)o1. The molecule has 0 aliphatic rings. The van der Waals surface area contributed by atoms with Gasteiger partial charge in [-0.3, -0.25) is 9.59 Å². The predicted octanol–water partition coefficient (Wildman–Crippen LogP) is 1.45. The van der Waals surface area contributed by atoms with Gasteiger partial charge in [-0.25, -0.2) is 0 Å². The molecule has 0 aliphatic carbocycles. The summed E-state index contributed by atoms with van der Waals surface area (Å²) in [4.78, 5) is 24.3. The molecule has 0 bridgehead atoms. The zero-order valence-electron chi connectivity index (χ0n) is 11.3. The minimum absolute atomic E-state index is 0.0206. The van der Waals surface area contributed by atoms with Crippen LogP contribution in [-0.4, -0.2) is 34.5 Å². The number of amides is 1. The zero-order valence-corrected chi connectivity index (χ0v) is 11.3. The summed E-state index contributed by atoms with van der Waals surface area (Å²) in [6, 6.07) is 3.24. The van der Waals surface area contributed by atoms with Crippen LogP contribution >= 0.6 is 0 Å². The highest BCUT2D eigenvalue weighted by Gasteiger charge is 2.21. The van der Waals surface area contributed by atoms with E-state index in [0.717, 1.165) is 0 Å². The molecular formula is C13H20N2O4. The van der Waals surface area contributed by atoms with Crippen molar-refractivity contribution in [3.63, 3.8) is 0 Å². The van der Waals surface area contributed by atoms with Crippen LogP contribution < -0.4 is 5.73 Å². The van der Waals surface area contributed by atoms with Crippen molar-refractivity contribution in [2.45, 2.75) is 39.3 Å². The lowest BCUT2D eigenvalue weighted by molar-refractivity contribution is -0.137. The van der Waals surface area contributed by atoms with Gasteiger partial charge in [0.1, 0.15) is 5.76 Å². The van der Waals surface area contributed by atoms with Crippen molar-refractivity contribution in [2.24, 2.45) is 5.73 Å². The molecule has 0 saturated heterocycles. The summed E-state index contributed by atoms with van der Waals surface area (Å²) < 4.78 is 5.32. The average molecular weight is 268 g/mol. The lowest BCUT2D eigenvalue weighted by Gasteiger charge is -2.25. The van der Waals surface area contributed by atoms with Gasteiger partial charge < -0.3 is 20.2 Å². The first kappa shape index (κ1) is 15.2. The number of nitrogens with zero attached hydrogens (tertiary/aromatic N) is 1. The van der Waals surface area contributed by atoms with Gasteiger partial charge in [-0.15, -0.1) is 0 Å². The maximum absolute atomic E-state index is 12.2. The lowest BCUT2D eigenvalue weighted by atomic mass is 10.2. The third-order valence-electron chi connectivity index (χ3n) is 2.75. The topological polar surface area (TPSA) is 96.8 Å². The van der Waals surface area contributed by atoms with Crippen LogP contribution in [0.2, 0.25) is 0 Å². The van der Waals surface area contributed by atoms with Crippen LogP contribution in [0.25, 0.3) is 0 Å². The average Bonchev–Trinajstić information content (AvgIpc) is 2.81. The van der Waals surface area contributed by atoms with E-state index in [1.54, 1.807) is 17.0 Å². The van der Waals surface area contributed by atoms with Crippen LogP contribution in [-0.2, 0) is 11.3 Å². The van der Waals surface area contributed by atoms with Crippen molar-refractivity contribution in [3.8, 4) is 0 Å². The first-order chi connectivity index (χ1) is 8.95. The molecule has 1 amide bonds. The fourth-order valence-electron chi connectivity index (χ4n) is 1.74. The molecule has 1 rings (SSSR count). The summed E-state index contributed by atoms with van der Waals surface area (Å²) >= 11 is 0. The number of carboxylic acid groups (broad SMARTS) is 1. The first-order valence-electron chi connectivity index (χ1n) is 6.27. The largest absolute Gasteiger partial charge is 0.481 e. The van der Waals surface area contributed by atoms with Gasteiger partial charge in [-0.2, -0.15) is 0 Å². The van der Waals surface area contributed by atoms with Gasteiger partial charge in [0.2, 0.25) is 0 Å². The molecule has 106 valence electrons. The maximum atomic E-state index is 12.2. The summed E-state index contributed by atoms with van der Waals surface area (Å²) in [7, 11) is 0. The van der Waals surface area contributed by atoms with Crippen molar-refractivity contribution < 1.29 is 19.1 Å². The molecule has 0 aromatic carbocycles. The van der Waals surface area contributed by atoms with Crippen molar-refractivity contribution in [1.82, 2.24) is 4.90 Å². The fourth-order valence-corrected chi connectivity index (χ4v) is 1.74. The normalized spacial score (nSPS) is 10.7. The molecule has 1 aromatic heterocycles. The number of nitrogens with two attached hydrogens (primary N) is 1. The van der Waals surface area contributed by atoms with Crippen molar-refractivity contribution >= 4 is 11.9 Å². The van der Waals surface area contributed by atoms with Crippen LogP contribution in [0.15, 0.2) is 16.5 Å². The molecule has 0 radical (unpaired) electrons. The highest BCUT2D eigenvalue weighted by molar-refractivity contribution is 5.91. The highest BCUT2D eigenvalue weighted by Crippen LogP contribution is 2.13. The van der Waals surface area contributed by atoms with Gasteiger partial charge in [-0.1, -0.05) is 0 Å². The van der Waals surface area contributed by atoms with Crippen LogP contribution in [0.5, 0.6) is 0 Å². The van der Waals surface area contributed by atoms with Crippen LogP contribution in [0.1, 0.15) is 43.0 Å². The Morgan fingerprint density at radius 1 is 1.42 bits per heavy atom. The Kier molecular flexibility index (Phi) is 5.57. The summed E-state index contributed by atoms with van der Waals surface area (Å²) in [6.45, 7) is 4.40. The number of carboxylic acids is 1. The molecule has 19 heavy (non-hydrogen) atoms. The van der Waals surface area contributed by atoms with E-state index in [1.165, 1.54) is 0 Å². The monoisotopic (exact) mass is 268 g/mol. The number of hydrogen-bond acceptors (Lipinski definition) is 4. The van der Waals surface area contributed by atoms with E-state index in [9.17, 15) is 9.59 Å². The van der Waals surface area contributed by atoms with Crippen LogP contribution in [0.4, 0.5) is 0 Å². The van der Waals surface area contributed by atoms with Gasteiger partial charge >= 0.3 is 5.97 Å². The fraction of sp³-hybridized carbons (Fsp3) is 0.538.